The summed E-state index contributed by atoms with van der Waals surface area (Å²) in [4.78, 5) is 3.75. The van der Waals surface area contributed by atoms with Crippen molar-refractivity contribution in [3.63, 3.8) is 0 Å². The molecule has 2 rings (SSSR count). The zero-order valence-electron chi connectivity index (χ0n) is 10.2. The van der Waals surface area contributed by atoms with Crippen molar-refractivity contribution >= 4 is 22.5 Å². The summed E-state index contributed by atoms with van der Waals surface area (Å²) in [7, 11) is 0. The van der Waals surface area contributed by atoms with Gasteiger partial charge in [0.05, 0.1) is 16.7 Å². The van der Waals surface area contributed by atoms with Crippen molar-refractivity contribution in [2.45, 2.75) is 25.6 Å². The fraction of sp³-hybridized carbons (Fsp3) is 0.308. The molecule has 0 aliphatic heterocycles. The molecular formula is C13H11ClF3NO. The number of fused-ring (bicyclic) bond motifs is 1. The normalized spacial score (nSPS) is 13.0. The first kappa shape index (κ1) is 14.1. The molecule has 6 heteroatoms. The average molecular weight is 290 g/mol. The predicted octanol–water partition coefficient (Wildman–Crippen LogP) is 4.13. The van der Waals surface area contributed by atoms with Gasteiger partial charge in [-0.2, -0.15) is 13.2 Å². The lowest BCUT2D eigenvalue weighted by molar-refractivity contribution is -0.136. The van der Waals surface area contributed by atoms with E-state index in [9.17, 15) is 18.3 Å². The molecule has 0 fully saturated rings. The number of halogens is 4. The lowest BCUT2D eigenvalue weighted by Crippen LogP contribution is -2.17. The smallest absolute Gasteiger partial charge is 0.386 e. The Balaban J connectivity index is 2.90. The van der Waals surface area contributed by atoms with E-state index in [4.69, 9.17) is 11.6 Å². The Hall–Kier alpha value is -1.33. The van der Waals surface area contributed by atoms with Crippen molar-refractivity contribution in [1.29, 1.82) is 0 Å². The molecule has 0 amide bonds. The highest BCUT2D eigenvalue weighted by Crippen LogP contribution is 2.37. The van der Waals surface area contributed by atoms with Crippen LogP contribution in [0.5, 0.6) is 0 Å². The summed E-state index contributed by atoms with van der Waals surface area (Å²) in [6.45, 7) is 2.97. The van der Waals surface area contributed by atoms with Crippen LogP contribution >= 0.6 is 11.6 Å². The average Bonchev–Trinajstić information content (AvgIpc) is 2.24. The highest BCUT2D eigenvalue weighted by Gasteiger charge is 2.34. The quantitative estimate of drug-likeness (QED) is 0.801. The Morgan fingerprint density at radius 1 is 1.16 bits per heavy atom. The minimum Gasteiger partial charge on any atom is -0.386 e. The first-order valence-corrected chi connectivity index (χ1v) is 5.88. The molecule has 0 unspecified atom stereocenters. The lowest BCUT2D eigenvalue weighted by Gasteiger charge is -2.21. The number of nitrogens with zero attached hydrogens (tertiary/aromatic N) is 1. The van der Waals surface area contributed by atoms with E-state index in [1.165, 1.54) is 32.0 Å². The van der Waals surface area contributed by atoms with Crippen LogP contribution < -0.4 is 0 Å². The molecular weight excluding hydrogens is 279 g/mol. The van der Waals surface area contributed by atoms with Gasteiger partial charge in [-0.15, -0.1) is 0 Å². The van der Waals surface area contributed by atoms with Crippen molar-refractivity contribution in [3.05, 3.63) is 40.5 Å². The lowest BCUT2D eigenvalue weighted by atomic mass is 9.93. The monoisotopic (exact) mass is 289 g/mol. The molecule has 1 N–H and O–H groups in total. The number of aliphatic hydroxyl groups is 1. The first-order valence-electron chi connectivity index (χ1n) is 5.50. The van der Waals surface area contributed by atoms with Gasteiger partial charge in [0.25, 0.3) is 0 Å². The number of aromatic nitrogens is 1. The van der Waals surface area contributed by atoms with Gasteiger partial charge in [-0.3, -0.25) is 0 Å². The SMILES string of the molecule is CC(C)(O)c1cc(Cl)nc2c(C(F)(F)F)cccc12. The second-order valence-corrected chi connectivity index (χ2v) is 5.14. The largest absolute Gasteiger partial charge is 0.418 e. The maximum absolute atomic E-state index is 12.9. The van der Waals surface area contributed by atoms with E-state index in [0.717, 1.165) is 6.07 Å². The van der Waals surface area contributed by atoms with Gasteiger partial charge < -0.3 is 5.11 Å². The Bertz CT molecular complexity index is 632. The zero-order valence-corrected chi connectivity index (χ0v) is 11.0. The predicted molar refractivity (Wildman–Crippen MR) is 67.0 cm³/mol. The molecule has 19 heavy (non-hydrogen) atoms. The number of pyridine rings is 1. The van der Waals surface area contributed by atoms with Crippen molar-refractivity contribution in [3.8, 4) is 0 Å². The van der Waals surface area contributed by atoms with Gasteiger partial charge in [0.2, 0.25) is 0 Å². The van der Waals surface area contributed by atoms with Crippen LogP contribution in [0.15, 0.2) is 24.3 Å². The van der Waals surface area contributed by atoms with E-state index in [1.54, 1.807) is 0 Å². The molecule has 0 aliphatic carbocycles. The molecule has 0 spiro atoms. The van der Waals surface area contributed by atoms with E-state index in [-0.39, 0.29) is 16.1 Å². The Kier molecular flexibility index (Phi) is 3.23. The molecule has 0 saturated carbocycles. The Labute approximate surface area is 112 Å². The number of para-hydroxylation sites is 1. The van der Waals surface area contributed by atoms with E-state index < -0.39 is 17.3 Å². The molecule has 0 atom stereocenters. The minimum atomic E-state index is -4.52. The van der Waals surface area contributed by atoms with Crippen molar-refractivity contribution in [2.24, 2.45) is 0 Å². The summed E-state index contributed by atoms with van der Waals surface area (Å²) in [5.74, 6) is 0. The van der Waals surface area contributed by atoms with Crippen LogP contribution in [-0.2, 0) is 11.8 Å². The number of alkyl halides is 3. The highest BCUT2D eigenvalue weighted by atomic mass is 35.5. The van der Waals surface area contributed by atoms with Crippen LogP contribution in [0.1, 0.15) is 25.0 Å². The molecule has 1 aromatic heterocycles. The maximum Gasteiger partial charge on any atom is 0.418 e. The first-order chi connectivity index (χ1) is 8.60. The molecule has 0 radical (unpaired) electrons. The minimum absolute atomic E-state index is 0.0821. The maximum atomic E-state index is 12.9. The van der Waals surface area contributed by atoms with Gasteiger partial charge in [-0.25, -0.2) is 4.98 Å². The number of hydrogen-bond donors (Lipinski definition) is 1. The summed E-state index contributed by atoms with van der Waals surface area (Å²) in [6.07, 6.45) is -4.52. The molecule has 1 aromatic carbocycles. The number of benzene rings is 1. The van der Waals surface area contributed by atoms with Gasteiger partial charge in [0.1, 0.15) is 5.15 Å². The number of rotatable bonds is 1. The topological polar surface area (TPSA) is 33.1 Å². The third-order valence-electron chi connectivity index (χ3n) is 2.77. The van der Waals surface area contributed by atoms with Gasteiger partial charge in [0, 0.05) is 5.39 Å². The molecule has 102 valence electrons. The third kappa shape index (κ3) is 2.67. The van der Waals surface area contributed by atoms with E-state index in [2.05, 4.69) is 4.98 Å². The van der Waals surface area contributed by atoms with Crippen LogP contribution in [0.2, 0.25) is 5.15 Å². The van der Waals surface area contributed by atoms with E-state index in [0.29, 0.717) is 5.56 Å². The Morgan fingerprint density at radius 2 is 1.79 bits per heavy atom. The summed E-state index contributed by atoms with van der Waals surface area (Å²) in [6, 6.07) is 5.10. The molecule has 2 aromatic rings. The van der Waals surface area contributed by atoms with Crippen LogP contribution in [0.25, 0.3) is 10.9 Å². The Morgan fingerprint density at radius 3 is 2.32 bits per heavy atom. The van der Waals surface area contributed by atoms with Gasteiger partial charge in [-0.05, 0) is 31.5 Å². The molecule has 0 bridgehead atoms. The zero-order chi connectivity index (χ0) is 14.4. The van der Waals surface area contributed by atoms with Crippen LogP contribution in [0.3, 0.4) is 0 Å². The fourth-order valence-electron chi connectivity index (χ4n) is 1.95. The van der Waals surface area contributed by atoms with E-state index in [1.807, 2.05) is 0 Å². The van der Waals surface area contributed by atoms with Crippen molar-refractivity contribution in [1.82, 2.24) is 4.98 Å². The molecule has 0 saturated heterocycles. The second kappa shape index (κ2) is 4.35. The second-order valence-electron chi connectivity index (χ2n) is 4.75. The summed E-state index contributed by atoms with van der Waals surface area (Å²) >= 11 is 5.76. The van der Waals surface area contributed by atoms with Crippen LogP contribution in [0, 0.1) is 0 Å². The fourth-order valence-corrected chi connectivity index (χ4v) is 2.15. The molecule has 0 aliphatic rings. The van der Waals surface area contributed by atoms with Crippen LogP contribution in [-0.4, -0.2) is 10.1 Å². The van der Waals surface area contributed by atoms with E-state index >= 15 is 0 Å². The molecule has 2 nitrogen and oxygen atoms in total. The van der Waals surface area contributed by atoms with Gasteiger partial charge in [-0.1, -0.05) is 23.7 Å². The standard InChI is InChI=1S/C13H11ClF3NO/c1-12(2,19)9-6-10(14)18-11-7(9)4-3-5-8(11)13(15,16)17/h3-6,19H,1-2H3. The summed E-state index contributed by atoms with van der Waals surface area (Å²) < 4.78 is 38.8. The highest BCUT2D eigenvalue weighted by molar-refractivity contribution is 6.30. The van der Waals surface area contributed by atoms with Gasteiger partial charge in [0.15, 0.2) is 0 Å². The summed E-state index contributed by atoms with van der Waals surface area (Å²) in [5.41, 5.74) is -2.11. The van der Waals surface area contributed by atoms with Gasteiger partial charge >= 0.3 is 6.18 Å². The molecule has 1 heterocycles. The third-order valence-corrected chi connectivity index (χ3v) is 2.97. The summed E-state index contributed by atoms with van der Waals surface area (Å²) in [5, 5.41) is 10.2. The van der Waals surface area contributed by atoms with Crippen LogP contribution in [0.4, 0.5) is 13.2 Å². The van der Waals surface area contributed by atoms with Crippen molar-refractivity contribution in [2.75, 3.05) is 0 Å². The van der Waals surface area contributed by atoms with Crippen molar-refractivity contribution < 1.29 is 18.3 Å². The number of hydrogen-bond acceptors (Lipinski definition) is 2.